The number of hydrogen-bond acceptors (Lipinski definition) is 4. The minimum absolute atomic E-state index is 0.00790. The predicted octanol–water partition coefficient (Wildman–Crippen LogP) is 4.14. The van der Waals surface area contributed by atoms with Crippen molar-refractivity contribution >= 4 is 23.4 Å². The molecule has 6 nitrogen and oxygen atoms in total. The third kappa shape index (κ3) is 6.19. The molecular formula is C30H38ClN3O3. The van der Waals surface area contributed by atoms with Crippen molar-refractivity contribution in [2.45, 2.75) is 64.1 Å². The number of nitrogens with one attached hydrogen (secondary N) is 2. The van der Waals surface area contributed by atoms with Crippen LogP contribution >= 0.6 is 11.6 Å². The van der Waals surface area contributed by atoms with Crippen LogP contribution in [0.25, 0.3) is 0 Å². The minimum atomic E-state index is -0.611. The van der Waals surface area contributed by atoms with Gasteiger partial charge in [-0.3, -0.25) is 9.59 Å². The van der Waals surface area contributed by atoms with Gasteiger partial charge in [0.1, 0.15) is 6.04 Å². The summed E-state index contributed by atoms with van der Waals surface area (Å²) in [7, 11) is 0. The highest BCUT2D eigenvalue weighted by Gasteiger charge is 2.40. The lowest BCUT2D eigenvalue weighted by Gasteiger charge is -2.46. The fourth-order valence-electron chi connectivity index (χ4n) is 6.23. The van der Waals surface area contributed by atoms with E-state index < -0.39 is 6.04 Å². The lowest BCUT2D eigenvalue weighted by Crippen LogP contribution is -2.57. The van der Waals surface area contributed by atoms with Gasteiger partial charge >= 0.3 is 0 Å². The average molecular weight is 524 g/mol. The Labute approximate surface area is 225 Å². The number of benzene rings is 2. The van der Waals surface area contributed by atoms with Crippen LogP contribution < -0.4 is 10.6 Å². The van der Waals surface area contributed by atoms with Crippen LogP contribution in [0, 0.1) is 11.3 Å². The zero-order valence-electron chi connectivity index (χ0n) is 21.7. The van der Waals surface area contributed by atoms with E-state index in [1.165, 1.54) is 11.1 Å². The Balaban J connectivity index is 1.27. The maximum Gasteiger partial charge on any atom is 0.245 e. The van der Waals surface area contributed by atoms with E-state index in [1.54, 1.807) is 0 Å². The fraction of sp³-hybridized carbons (Fsp3) is 0.533. The fourth-order valence-corrected chi connectivity index (χ4v) is 6.36. The van der Waals surface area contributed by atoms with E-state index in [2.05, 4.69) is 29.7 Å². The topological polar surface area (TPSA) is 70.7 Å². The van der Waals surface area contributed by atoms with E-state index in [9.17, 15) is 9.59 Å². The van der Waals surface area contributed by atoms with Gasteiger partial charge in [-0.15, -0.1) is 0 Å². The van der Waals surface area contributed by atoms with Crippen LogP contribution in [0.2, 0.25) is 5.02 Å². The first kappa shape index (κ1) is 26.2. The second-order valence-corrected chi connectivity index (χ2v) is 11.6. The molecule has 2 atom stereocenters. The Kier molecular flexibility index (Phi) is 8.18. The smallest absolute Gasteiger partial charge is 0.245 e. The second kappa shape index (κ2) is 11.5. The Morgan fingerprint density at radius 2 is 1.76 bits per heavy atom. The highest BCUT2D eigenvalue weighted by Crippen LogP contribution is 2.43. The molecule has 0 radical (unpaired) electrons. The molecule has 2 aromatic carbocycles. The van der Waals surface area contributed by atoms with Gasteiger partial charge in [0.15, 0.2) is 0 Å². The maximum absolute atomic E-state index is 13.8. The van der Waals surface area contributed by atoms with Gasteiger partial charge in [0.2, 0.25) is 11.8 Å². The summed E-state index contributed by atoms with van der Waals surface area (Å²) in [5.74, 6) is 0.544. The number of rotatable bonds is 6. The number of carbonyl (C=O) groups is 2. The number of amides is 2. The van der Waals surface area contributed by atoms with Gasteiger partial charge in [0, 0.05) is 44.3 Å². The molecule has 2 amide bonds. The molecule has 0 aliphatic carbocycles. The van der Waals surface area contributed by atoms with Crippen LogP contribution in [0.15, 0.2) is 48.5 Å². The van der Waals surface area contributed by atoms with Crippen molar-refractivity contribution in [1.29, 1.82) is 0 Å². The molecular weight excluding hydrogens is 486 g/mol. The summed E-state index contributed by atoms with van der Waals surface area (Å²) < 4.78 is 5.58. The molecule has 0 bridgehead atoms. The van der Waals surface area contributed by atoms with E-state index in [0.29, 0.717) is 30.3 Å². The summed E-state index contributed by atoms with van der Waals surface area (Å²) >= 11 is 6.09. The van der Waals surface area contributed by atoms with Gasteiger partial charge in [-0.1, -0.05) is 54.9 Å². The molecule has 0 aromatic heterocycles. The van der Waals surface area contributed by atoms with E-state index >= 15 is 0 Å². The molecule has 3 heterocycles. The molecule has 2 aromatic rings. The van der Waals surface area contributed by atoms with Crippen LogP contribution in [0.5, 0.6) is 0 Å². The first-order valence-corrected chi connectivity index (χ1v) is 14.0. The average Bonchev–Trinajstić information content (AvgIpc) is 2.94. The lowest BCUT2D eigenvalue weighted by molar-refractivity contribution is -0.139. The number of hydrogen-bond donors (Lipinski definition) is 2. The SMILES string of the molecule is CC1(C2CCOCC2)CCN(C(=O)C(Cc2ccc(Cl)cc2)NC(=O)C2Cc3ccccc3CN2)CC1. The first-order valence-electron chi connectivity index (χ1n) is 13.6. The molecule has 2 N–H and O–H groups in total. The highest BCUT2D eigenvalue weighted by molar-refractivity contribution is 6.30. The van der Waals surface area contributed by atoms with Gasteiger partial charge in [-0.05, 0) is 72.3 Å². The number of piperidine rings is 1. The number of nitrogens with zero attached hydrogens (tertiary/aromatic N) is 1. The van der Waals surface area contributed by atoms with Crippen LogP contribution in [0.4, 0.5) is 0 Å². The van der Waals surface area contributed by atoms with Gasteiger partial charge in [0.25, 0.3) is 0 Å². The van der Waals surface area contributed by atoms with Gasteiger partial charge in [-0.2, -0.15) is 0 Å². The highest BCUT2D eigenvalue weighted by atomic mass is 35.5. The summed E-state index contributed by atoms with van der Waals surface area (Å²) in [4.78, 5) is 29.2. The summed E-state index contributed by atoms with van der Waals surface area (Å²) in [6.45, 7) is 6.18. The summed E-state index contributed by atoms with van der Waals surface area (Å²) in [6, 6.07) is 14.8. The number of halogens is 1. The lowest BCUT2D eigenvalue weighted by atomic mass is 9.67. The molecule has 2 unspecified atom stereocenters. The summed E-state index contributed by atoms with van der Waals surface area (Å²) in [6.07, 6.45) is 5.27. The molecule has 5 rings (SSSR count). The number of ether oxygens (including phenoxy) is 1. The summed E-state index contributed by atoms with van der Waals surface area (Å²) in [5, 5.41) is 7.13. The van der Waals surface area contributed by atoms with Crippen LogP contribution in [0.3, 0.4) is 0 Å². The Morgan fingerprint density at radius 1 is 1.08 bits per heavy atom. The number of carbonyl (C=O) groups excluding carboxylic acids is 2. The molecule has 0 saturated carbocycles. The molecule has 3 aliphatic rings. The van der Waals surface area contributed by atoms with Crippen molar-refractivity contribution < 1.29 is 14.3 Å². The molecule has 2 saturated heterocycles. The van der Waals surface area contributed by atoms with Gasteiger partial charge in [-0.25, -0.2) is 0 Å². The standard InChI is InChI=1S/C30H38ClN3O3/c1-30(24-10-16-37-17-11-24)12-14-34(15-13-30)29(36)27(18-21-6-8-25(31)9-7-21)33-28(35)26-19-22-4-2-3-5-23(22)20-32-26/h2-9,24,26-27,32H,10-20H2,1H3,(H,33,35). The minimum Gasteiger partial charge on any atom is -0.381 e. The van der Waals surface area contributed by atoms with Crippen LogP contribution in [-0.2, 0) is 33.7 Å². The third-order valence-corrected chi connectivity index (χ3v) is 9.04. The zero-order valence-corrected chi connectivity index (χ0v) is 22.4. The van der Waals surface area contributed by atoms with E-state index in [1.807, 2.05) is 41.3 Å². The second-order valence-electron chi connectivity index (χ2n) is 11.2. The first-order chi connectivity index (χ1) is 17.9. The van der Waals surface area contributed by atoms with Crippen molar-refractivity contribution in [3.63, 3.8) is 0 Å². The van der Waals surface area contributed by atoms with Crippen molar-refractivity contribution in [1.82, 2.24) is 15.5 Å². The predicted molar refractivity (Wildman–Crippen MR) is 145 cm³/mol. The van der Waals surface area contributed by atoms with Crippen molar-refractivity contribution in [3.8, 4) is 0 Å². The van der Waals surface area contributed by atoms with E-state index in [4.69, 9.17) is 16.3 Å². The van der Waals surface area contributed by atoms with Crippen molar-refractivity contribution in [3.05, 3.63) is 70.2 Å². The Bertz CT molecular complexity index is 1090. The number of likely N-dealkylation sites (tertiary alicyclic amines) is 1. The maximum atomic E-state index is 13.8. The molecule has 37 heavy (non-hydrogen) atoms. The number of fused-ring (bicyclic) bond motifs is 1. The van der Waals surface area contributed by atoms with E-state index in [-0.39, 0.29) is 23.3 Å². The van der Waals surface area contributed by atoms with E-state index in [0.717, 1.165) is 57.6 Å². The monoisotopic (exact) mass is 523 g/mol. The van der Waals surface area contributed by atoms with Gasteiger partial charge < -0.3 is 20.3 Å². The largest absolute Gasteiger partial charge is 0.381 e. The van der Waals surface area contributed by atoms with Crippen LogP contribution in [-0.4, -0.2) is 55.1 Å². The van der Waals surface area contributed by atoms with Gasteiger partial charge in [0.05, 0.1) is 6.04 Å². The van der Waals surface area contributed by atoms with Crippen LogP contribution in [0.1, 0.15) is 49.3 Å². The molecule has 7 heteroatoms. The zero-order chi connectivity index (χ0) is 25.8. The molecule has 2 fully saturated rings. The molecule has 198 valence electrons. The van der Waals surface area contributed by atoms with Crippen molar-refractivity contribution in [2.75, 3.05) is 26.3 Å². The normalized spacial score (nSPS) is 22.6. The molecule has 0 spiro atoms. The van der Waals surface area contributed by atoms with Crippen molar-refractivity contribution in [2.24, 2.45) is 11.3 Å². The Hall–Kier alpha value is -2.41. The Morgan fingerprint density at radius 3 is 2.46 bits per heavy atom. The summed E-state index contributed by atoms with van der Waals surface area (Å²) in [5.41, 5.74) is 3.63. The molecule has 3 aliphatic heterocycles. The quantitative estimate of drug-likeness (QED) is 0.597. The third-order valence-electron chi connectivity index (χ3n) is 8.79.